The monoisotopic (exact) mass is 608 g/mol. The topological polar surface area (TPSA) is 0 Å². The van der Waals surface area contributed by atoms with Crippen molar-refractivity contribution in [2.75, 3.05) is 0 Å². The molecular weight excluding hydrogens is 576 g/mol. The fourth-order valence-electron chi connectivity index (χ4n) is 8.43. The van der Waals surface area contributed by atoms with Crippen LogP contribution in [0, 0.1) is 0 Å². The van der Waals surface area contributed by atoms with Gasteiger partial charge in [0.2, 0.25) is 0 Å². The van der Waals surface area contributed by atoms with Crippen molar-refractivity contribution in [1.29, 1.82) is 0 Å². The molecule has 0 saturated carbocycles. The molecule has 0 heterocycles. The van der Waals surface area contributed by atoms with Crippen LogP contribution in [-0.2, 0) is 18.3 Å². The first-order chi connectivity index (χ1) is 22.7. The van der Waals surface area contributed by atoms with Crippen molar-refractivity contribution >= 4 is 23.8 Å². The highest BCUT2D eigenvalue weighted by Crippen LogP contribution is 2.57. The Hall–Kier alpha value is -4.91. The molecule has 3 aliphatic rings. The predicted molar refractivity (Wildman–Crippen MR) is 194 cm³/mol. The van der Waals surface area contributed by atoms with Crippen molar-refractivity contribution in [3.63, 3.8) is 0 Å². The van der Waals surface area contributed by atoms with Gasteiger partial charge in [-0.15, -0.1) is 0 Å². The lowest BCUT2D eigenvalue weighted by Crippen LogP contribution is -2.28. The molecule has 0 spiro atoms. The summed E-state index contributed by atoms with van der Waals surface area (Å²) >= 11 is 6.83. The first-order valence-corrected chi connectivity index (χ1v) is 16.8. The van der Waals surface area contributed by atoms with Gasteiger partial charge in [-0.3, -0.25) is 0 Å². The summed E-state index contributed by atoms with van der Waals surface area (Å²) in [5, 5.41) is 0.752. The lowest BCUT2D eigenvalue weighted by Gasteiger charge is -2.34. The normalized spacial score (nSPS) is 15.2. The van der Waals surface area contributed by atoms with E-state index in [0.29, 0.717) is 0 Å². The molecule has 6 aromatic carbocycles. The minimum atomic E-state index is -0.443. The van der Waals surface area contributed by atoms with Crippen LogP contribution < -0.4 is 0 Å². The maximum Gasteiger partial charge on any atom is 0.0713 e. The Morgan fingerprint density at radius 3 is 1.91 bits per heavy atom. The molecule has 0 atom stereocenters. The Kier molecular flexibility index (Phi) is 6.47. The lowest BCUT2D eigenvalue weighted by atomic mass is 9.67. The first-order valence-electron chi connectivity index (χ1n) is 16.4. The number of rotatable bonds is 4. The maximum atomic E-state index is 6.83. The van der Waals surface area contributed by atoms with Crippen molar-refractivity contribution in [2.45, 2.75) is 31.1 Å². The van der Waals surface area contributed by atoms with E-state index in [1.54, 1.807) is 0 Å². The zero-order valence-electron chi connectivity index (χ0n) is 25.6. The summed E-state index contributed by atoms with van der Waals surface area (Å²) in [5.41, 5.74) is 18.0. The molecule has 0 aliphatic heterocycles. The van der Waals surface area contributed by atoms with Crippen LogP contribution in [0.5, 0.6) is 0 Å². The fraction of sp³-hybridized carbons (Fsp3) is 0.111. The van der Waals surface area contributed by atoms with Crippen LogP contribution in [0.1, 0.15) is 57.3 Å². The van der Waals surface area contributed by atoms with Gasteiger partial charge in [0.25, 0.3) is 0 Å². The summed E-state index contributed by atoms with van der Waals surface area (Å²) in [5.74, 6) is 0. The number of allylic oxidation sites excluding steroid dienone is 2. The molecule has 46 heavy (non-hydrogen) atoms. The molecule has 1 heteroatoms. The molecule has 6 aromatic rings. The predicted octanol–water partition coefficient (Wildman–Crippen LogP) is 12.0. The molecule has 0 nitrogen and oxygen atoms in total. The van der Waals surface area contributed by atoms with Gasteiger partial charge < -0.3 is 0 Å². The van der Waals surface area contributed by atoms with Gasteiger partial charge in [0, 0.05) is 5.02 Å². The molecule has 0 N–H and O–H groups in total. The first kappa shape index (κ1) is 27.4. The van der Waals surface area contributed by atoms with Crippen molar-refractivity contribution in [1.82, 2.24) is 0 Å². The van der Waals surface area contributed by atoms with Crippen LogP contribution in [0.4, 0.5) is 0 Å². The molecule has 0 fully saturated rings. The van der Waals surface area contributed by atoms with E-state index in [0.717, 1.165) is 30.7 Å². The van der Waals surface area contributed by atoms with Gasteiger partial charge in [0.05, 0.1) is 5.41 Å². The van der Waals surface area contributed by atoms with E-state index in [1.807, 2.05) is 0 Å². The van der Waals surface area contributed by atoms with Gasteiger partial charge >= 0.3 is 0 Å². The van der Waals surface area contributed by atoms with E-state index >= 15 is 0 Å². The number of hydrogen-bond acceptors (Lipinski definition) is 0. The molecule has 0 radical (unpaired) electrons. The highest BCUT2D eigenvalue weighted by Gasteiger charge is 2.46. The van der Waals surface area contributed by atoms with E-state index in [-0.39, 0.29) is 0 Å². The van der Waals surface area contributed by atoms with Gasteiger partial charge in [-0.2, -0.15) is 0 Å². The highest BCUT2D eigenvalue weighted by molar-refractivity contribution is 6.31. The number of hydrogen-bond donors (Lipinski definition) is 0. The Morgan fingerprint density at radius 2 is 1.13 bits per heavy atom. The number of fused-ring (bicyclic) bond motifs is 6. The van der Waals surface area contributed by atoms with E-state index < -0.39 is 5.41 Å². The molecule has 0 aromatic heterocycles. The van der Waals surface area contributed by atoms with Crippen molar-refractivity contribution in [3.8, 4) is 33.4 Å². The van der Waals surface area contributed by atoms with E-state index in [4.69, 9.17) is 11.6 Å². The lowest BCUT2D eigenvalue weighted by molar-refractivity contribution is 0.769. The average Bonchev–Trinajstić information content (AvgIpc) is 3.42. The van der Waals surface area contributed by atoms with E-state index in [9.17, 15) is 0 Å². The van der Waals surface area contributed by atoms with Gasteiger partial charge in [0.1, 0.15) is 0 Å². The third kappa shape index (κ3) is 4.07. The van der Waals surface area contributed by atoms with Gasteiger partial charge in [0.15, 0.2) is 0 Å². The second kappa shape index (κ2) is 10.9. The molecule has 0 saturated heterocycles. The van der Waals surface area contributed by atoms with E-state index in [1.165, 1.54) is 77.9 Å². The Balaban J connectivity index is 1.32. The zero-order valence-corrected chi connectivity index (χ0v) is 26.4. The SMILES string of the molecule is Clc1ccc(-c2cc3c(c4c2C=CCC4)CCC=C3)c(-c2ccc3c(c2)C(c2ccccc2)(c2ccccc2)c2ccccc2-3)c1. The summed E-state index contributed by atoms with van der Waals surface area (Å²) in [7, 11) is 0. The van der Waals surface area contributed by atoms with Gasteiger partial charge in [-0.05, 0) is 128 Å². The summed E-state index contributed by atoms with van der Waals surface area (Å²) in [4.78, 5) is 0. The standard InChI is InChI=1S/C45H33Cl/c46-34-24-26-38(42-27-30-13-7-8-18-35(30)36-19-9-10-20-37(36)42)41(29-34)31-23-25-40-39-21-11-12-22-43(39)45(44(40)28-31,32-14-3-1-4-15-32)33-16-5-2-6-17-33/h1-7,10-17,20-29H,8-9,18-19H2. The van der Waals surface area contributed by atoms with Crippen LogP contribution >= 0.6 is 11.6 Å². The van der Waals surface area contributed by atoms with Crippen LogP contribution in [0.3, 0.4) is 0 Å². The van der Waals surface area contributed by atoms with Crippen LogP contribution in [0.2, 0.25) is 5.02 Å². The maximum absolute atomic E-state index is 6.83. The Labute approximate surface area is 276 Å². The number of benzene rings is 6. The molecule has 0 unspecified atom stereocenters. The molecule has 220 valence electrons. The van der Waals surface area contributed by atoms with Crippen molar-refractivity contribution < 1.29 is 0 Å². The van der Waals surface area contributed by atoms with Crippen molar-refractivity contribution in [3.05, 3.63) is 189 Å². The van der Waals surface area contributed by atoms with Crippen molar-refractivity contribution in [2.24, 2.45) is 0 Å². The second-order valence-electron chi connectivity index (χ2n) is 12.7. The third-order valence-electron chi connectivity index (χ3n) is 10.4. The van der Waals surface area contributed by atoms with Crippen LogP contribution in [0.25, 0.3) is 45.5 Å². The molecule has 9 rings (SSSR count). The fourth-order valence-corrected chi connectivity index (χ4v) is 8.60. The van der Waals surface area contributed by atoms with Crippen LogP contribution in [0.15, 0.2) is 140 Å². The number of halogens is 1. The quantitative estimate of drug-likeness (QED) is 0.186. The summed E-state index contributed by atoms with van der Waals surface area (Å²) in [6, 6.07) is 47.0. The highest BCUT2D eigenvalue weighted by atomic mass is 35.5. The third-order valence-corrected chi connectivity index (χ3v) is 10.6. The average molecular weight is 609 g/mol. The molecule has 3 aliphatic carbocycles. The smallest absolute Gasteiger partial charge is 0.0713 e. The Bertz CT molecular complexity index is 2160. The zero-order chi connectivity index (χ0) is 30.7. The summed E-state index contributed by atoms with van der Waals surface area (Å²) in [6.45, 7) is 0. The minimum Gasteiger partial charge on any atom is -0.0843 e. The minimum absolute atomic E-state index is 0.443. The largest absolute Gasteiger partial charge is 0.0843 e. The summed E-state index contributed by atoms with van der Waals surface area (Å²) in [6.07, 6.45) is 13.8. The van der Waals surface area contributed by atoms with Gasteiger partial charge in [-0.25, -0.2) is 0 Å². The summed E-state index contributed by atoms with van der Waals surface area (Å²) < 4.78 is 0. The van der Waals surface area contributed by atoms with Crippen LogP contribution in [-0.4, -0.2) is 0 Å². The molecule has 0 bridgehead atoms. The molecular formula is C45H33Cl. The molecule has 0 amide bonds. The second-order valence-corrected chi connectivity index (χ2v) is 13.2. The Morgan fingerprint density at radius 1 is 0.478 bits per heavy atom. The van der Waals surface area contributed by atoms with Gasteiger partial charge in [-0.1, -0.05) is 139 Å². The van der Waals surface area contributed by atoms with E-state index in [2.05, 4.69) is 152 Å².